The largest absolute Gasteiger partial charge is 0.494 e. The van der Waals surface area contributed by atoms with Crippen LogP contribution in [0.3, 0.4) is 0 Å². The fourth-order valence-electron chi connectivity index (χ4n) is 3.36. The number of nitrogens with one attached hydrogen (secondary N) is 1. The van der Waals surface area contributed by atoms with Crippen LogP contribution in [0.5, 0.6) is 5.75 Å². The van der Waals surface area contributed by atoms with E-state index in [1.54, 1.807) is 4.90 Å². The van der Waals surface area contributed by atoms with Crippen molar-refractivity contribution >= 4 is 43.6 Å². The van der Waals surface area contributed by atoms with Gasteiger partial charge in [0.1, 0.15) is 11.3 Å². The number of furan rings is 1. The van der Waals surface area contributed by atoms with Crippen molar-refractivity contribution in [1.29, 1.82) is 0 Å². The van der Waals surface area contributed by atoms with Crippen LogP contribution < -0.4 is 14.5 Å². The van der Waals surface area contributed by atoms with Crippen molar-refractivity contribution < 1.29 is 18.8 Å². The molecule has 0 saturated heterocycles. The van der Waals surface area contributed by atoms with Crippen molar-refractivity contribution in [2.75, 3.05) is 38.7 Å². The van der Waals surface area contributed by atoms with Gasteiger partial charge in [-0.15, -0.1) is 0 Å². The number of thiazole rings is 1. The highest BCUT2D eigenvalue weighted by molar-refractivity contribution is 7.22. The number of quaternary nitrogens is 1. The first-order chi connectivity index (χ1) is 14.5. The highest BCUT2D eigenvalue weighted by Crippen LogP contribution is 2.33. The molecule has 1 N–H and O–H groups in total. The molecule has 30 heavy (non-hydrogen) atoms. The number of fused-ring (bicyclic) bond motifs is 2. The molecule has 4 aromatic rings. The number of para-hydroxylation sites is 1. The maximum absolute atomic E-state index is 13.4. The Morgan fingerprint density at radius 2 is 2.03 bits per heavy atom. The van der Waals surface area contributed by atoms with Gasteiger partial charge in [-0.1, -0.05) is 29.5 Å². The van der Waals surface area contributed by atoms with Crippen molar-refractivity contribution in [3.05, 3.63) is 54.3 Å². The molecule has 0 aliphatic heterocycles. The lowest BCUT2D eigenvalue weighted by molar-refractivity contribution is -0.858. The number of aromatic nitrogens is 1. The van der Waals surface area contributed by atoms with Crippen LogP contribution in [0, 0.1) is 0 Å². The molecule has 2 aromatic carbocycles. The van der Waals surface area contributed by atoms with E-state index in [1.165, 1.54) is 16.2 Å². The molecule has 7 heteroatoms. The summed E-state index contributed by atoms with van der Waals surface area (Å²) in [6, 6.07) is 15.3. The summed E-state index contributed by atoms with van der Waals surface area (Å²) < 4.78 is 12.4. The van der Waals surface area contributed by atoms with E-state index in [-0.39, 0.29) is 5.91 Å². The molecule has 6 nitrogen and oxygen atoms in total. The summed E-state index contributed by atoms with van der Waals surface area (Å²) in [5.74, 6) is 0.985. The minimum absolute atomic E-state index is 0.163. The van der Waals surface area contributed by atoms with Crippen LogP contribution in [0.4, 0.5) is 5.13 Å². The molecule has 0 atom stereocenters. The van der Waals surface area contributed by atoms with E-state index in [4.69, 9.17) is 14.1 Å². The van der Waals surface area contributed by atoms with E-state index in [1.807, 2.05) is 55.5 Å². The molecule has 0 aliphatic rings. The molecule has 156 valence electrons. The maximum Gasteiger partial charge on any atom is 0.295 e. The second-order valence-corrected chi connectivity index (χ2v) is 8.48. The monoisotopic (exact) mass is 424 g/mol. The van der Waals surface area contributed by atoms with Gasteiger partial charge in [0.2, 0.25) is 0 Å². The van der Waals surface area contributed by atoms with Crippen LogP contribution in [0.2, 0.25) is 0 Å². The molecule has 0 fully saturated rings. The minimum atomic E-state index is -0.163. The second kappa shape index (κ2) is 8.85. The van der Waals surface area contributed by atoms with E-state index in [0.717, 1.165) is 34.3 Å². The number of carbonyl (C=O) groups excluding carboxylic acids is 1. The average molecular weight is 425 g/mol. The van der Waals surface area contributed by atoms with Crippen molar-refractivity contribution in [3.8, 4) is 5.75 Å². The van der Waals surface area contributed by atoms with E-state index in [2.05, 4.69) is 14.1 Å². The van der Waals surface area contributed by atoms with Gasteiger partial charge in [0, 0.05) is 18.4 Å². The van der Waals surface area contributed by atoms with Crippen molar-refractivity contribution in [1.82, 2.24) is 4.98 Å². The average Bonchev–Trinajstić information content (AvgIpc) is 3.34. The van der Waals surface area contributed by atoms with E-state index in [0.29, 0.717) is 29.6 Å². The molecular formula is C23H26N3O3S+. The SMILES string of the molecule is CCOc1ccc2nc(N(CCC[NH+](C)C)C(=O)c3cc4ccccc4o3)sc2c1. The van der Waals surface area contributed by atoms with Gasteiger partial charge in [0.25, 0.3) is 5.91 Å². The lowest BCUT2D eigenvalue weighted by atomic mass is 10.2. The second-order valence-electron chi connectivity index (χ2n) is 7.47. The number of ether oxygens (including phenoxy) is 1. The standard InChI is InChI=1S/C23H25N3O3S/c1-4-28-17-10-11-18-21(15-17)30-23(24-18)26(13-7-12-25(2)3)22(27)20-14-16-8-5-6-9-19(16)29-20/h5-6,8-11,14-15H,4,7,12-13H2,1-3H3/p+1. The molecule has 0 unspecified atom stereocenters. The Morgan fingerprint density at radius 3 is 2.80 bits per heavy atom. The molecule has 0 saturated carbocycles. The van der Waals surface area contributed by atoms with Crippen molar-refractivity contribution in [3.63, 3.8) is 0 Å². The van der Waals surface area contributed by atoms with Gasteiger partial charge in [-0.25, -0.2) is 4.98 Å². The zero-order valence-corrected chi connectivity index (χ0v) is 18.3. The van der Waals surface area contributed by atoms with Gasteiger partial charge in [0.05, 0.1) is 37.5 Å². The van der Waals surface area contributed by atoms with Crippen LogP contribution in [-0.2, 0) is 0 Å². The highest BCUT2D eigenvalue weighted by Gasteiger charge is 2.24. The molecule has 2 aromatic heterocycles. The summed E-state index contributed by atoms with van der Waals surface area (Å²) in [6.07, 6.45) is 0.869. The van der Waals surface area contributed by atoms with Gasteiger partial charge in [-0.3, -0.25) is 9.69 Å². The van der Waals surface area contributed by atoms with Crippen LogP contribution in [0.1, 0.15) is 23.9 Å². The summed E-state index contributed by atoms with van der Waals surface area (Å²) in [5.41, 5.74) is 1.57. The highest BCUT2D eigenvalue weighted by atomic mass is 32.1. The van der Waals surface area contributed by atoms with Crippen LogP contribution in [-0.4, -0.2) is 44.7 Å². The fourth-order valence-corrected chi connectivity index (χ4v) is 4.38. The third kappa shape index (κ3) is 4.32. The lowest BCUT2D eigenvalue weighted by Crippen LogP contribution is -3.05. The number of anilines is 1. The number of hydrogen-bond acceptors (Lipinski definition) is 5. The van der Waals surface area contributed by atoms with Crippen LogP contribution in [0.25, 0.3) is 21.2 Å². The molecule has 0 bridgehead atoms. The Morgan fingerprint density at radius 1 is 1.20 bits per heavy atom. The predicted octanol–water partition coefficient (Wildman–Crippen LogP) is 3.62. The van der Waals surface area contributed by atoms with Crippen LogP contribution >= 0.6 is 11.3 Å². The van der Waals surface area contributed by atoms with Crippen molar-refractivity contribution in [2.45, 2.75) is 13.3 Å². The maximum atomic E-state index is 13.4. The lowest BCUT2D eigenvalue weighted by Gasteiger charge is -2.19. The first-order valence-corrected chi connectivity index (χ1v) is 11.0. The van der Waals surface area contributed by atoms with Gasteiger partial charge in [-0.2, -0.15) is 0 Å². The van der Waals surface area contributed by atoms with E-state index < -0.39 is 0 Å². The molecule has 4 rings (SSSR count). The zero-order chi connectivity index (χ0) is 21.1. The molecular weight excluding hydrogens is 398 g/mol. The Labute approximate surface area is 179 Å². The predicted molar refractivity (Wildman–Crippen MR) is 121 cm³/mol. The van der Waals surface area contributed by atoms with Gasteiger partial charge < -0.3 is 14.1 Å². The minimum Gasteiger partial charge on any atom is -0.494 e. The quantitative estimate of drug-likeness (QED) is 0.469. The van der Waals surface area contributed by atoms with E-state index in [9.17, 15) is 4.79 Å². The molecule has 0 spiro atoms. The Balaban J connectivity index is 1.68. The zero-order valence-electron chi connectivity index (χ0n) is 17.5. The topological polar surface area (TPSA) is 60.0 Å². The Kier molecular flexibility index (Phi) is 6.01. The van der Waals surface area contributed by atoms with E-state index >= 15 is 0 Å². The number of hydrogen-bond donors (Lipinski definition) is 1. The summed E-state index contributed by atoms with van der Waals surface area (Å²) in [5, 5.41) is 1.60. The fraction of sp³-hybridized carbons (Fsp3) is 0.304. The number of nitrogens with zero attached hydrogens (tertiary/aromatic N) is 2. The smallest absolute Gasteiger partial charge is 0.295 e. The number of benzene rings is 2. The first kappa shape index (κ1) is 20.4. The van der Waals surface area contributed by atoms with Gasteiger partial charge in [0.15, 0.2) is 10.9 Å². The third-order valence-electron chi connectivity index (χ3n) is 4.83. The molecule has 0 aliphatic carbocycles. The van der Waals surface area contributed by atoms with Gasteiger partial charge in [-0.05, 0) is 37.3 Å². The molecule has 2 heterocycles. The summed E-state index contributed by atoms with van der Waals surface area (Å²) in [7, 11) is 4.22. The molecule has 0 radical (unpaired) electrons. The number of amides is 1. The summed E-state index contributed by atoms with van der Waals surface area (Å²) in [6.45, 7) is 4.12. The normalized spacial score (nSPS) is 11.5. The number of rotatable bonds is 8. The summed E-state index contributed by atoms with van der Waals surface area (Å²) >= 11 is 1.50. The Bertz CT molecular complexity index is 1130. The summed E-state index contributed by atoms with van der Waals surface area (Å²) in [4.78, 5) is 21.2. The molecule has 1 amide bonds. The third-order valence-corrected chi connectivity index (χ3v) is 5.87. The Hall–Kier alpha value is -2.90. The number of carbonyl (C=O) groups is 1. The first-order valence-electron chi connectivity index (χ1n) is 10.2. The van der Waals surface area contributed by atoms with Gasteiger partial charge >= 0.3 is 0 Å². The van der Waals surface area contributed by atoms with Crippen molar-refractivity contribution in [2.24, 2.45) is 0 Å². The van der Waals surface area contributed by atoms with Crippen LogP contribution in [0.15, 0.2) is 52.9 Å².